The van der Waals surface area contributed by atoms with Crippen molar-refractivity contribution < 1.29 is 0 Å². The molecule has 14 heavy (non-hydrogen) atoms. The fraction of sp³-hybridized carbons (Fsp3) is 0.800. The molecule has 1 fully saturated rings. The Hall–Kier alpha value is 0.0400. The van der Waals surface area contributed by atoms with Crippen molar-refractivity contribution in [2.45, 2.75) is 49.8 Å². The van der Waals surface area contributed by atoms with Gasteiger partial charge < -0.3 is 0 Å². The van der Waals surface area contributed by atoms with E-state index in [0.717, 1.165) is 12.2 Å². The summed E-state index contributed by atoms with van der Waals surface area (Å²) in [5.41, 5.74) is 0. The zero-order valence-electron chi connectivity index (χ0n) is 8.37. The number of rotatable bonds is 5. The fourth-order valence-corrected chi connectivity index (χ4v) is 3.24. The Morgan fingerprint density at radius 1 is 1.57 bits per heavy atom. The molecule has 0 spiro atoms. The second kappa shape index (κ2) is 4.71. The third-order valence-corrected chi connectivity index (χ3v) is 3.95. The highest BCUT2D eigenvalue weighted by molar-refractivity contribution is 9.09. The van der Waals surface area contributed by atoms with Crippen molar-refractivity contribution in [2.75, 3.05) is 0 Å². The minimum atomic E-state index is 0.576. The van der Waals surface area contributed by atoms with Gasteiger partial charge >= 0.3 is 0 Å². The maximum atomic E-state index is 4.57. The summed E-state index contributed by atoms with van der Waals surface area (Å²) in [4.78, 5) is 5.15. The molecule has 1 aromatic rings. The van der Waals surface area contributed by atoms with Crippen molar-refractivity contribution in [3.8, 4) is 0 Å². The van der Waals surface area contributed by atoms with Gasteiger partial charge in [0, 0.05) is 17.2 Å². The van der Waals surface area contributed by atoms with E-state index in [-0.39, 0.29) is 0 Å². The minimum Gasteiger partial charge on any atom is -0.224 e. The lowest BCUT2D eigenvalue weighted by Gasteiger charge is -2.03. The summed E-state index contributed by atoms with van der Waals surface area (Å²) in [6.07, 6.45) is 6.08. The highest BCUT2D eigenvalue weighted by Crippen LogP contribution is 2.38. The Morgan fingerprint density at radius 2 is 2.36 bits per heavy atom. The summed E-state index contributed by atoms with van der Waals surface area (Å²) in [7, 11) is 0. The van der Waals surface area contributed by atoms with E-state index in [1.54, 1.807) is 11.5 Å². The van der Waals surface area contributed by atoms with Crippen LogP contribution >= 0.6 is 27.5 Å². The summed E-state index contributed by atoms with van der Waals surface area (Å²) >= 11 is 5.26. The van der Waals surface area contributed by atoms with Gasteiger partial charge in [0.25, 0.3) is 0 Å². The van der Waals surface area contributed by atoms with Crippen molar-refractivity contribution in [2.24, 2.45) is 0 Å². The number of hydrogen-bond acceptors (Lipinski definition) is 3. The van der Waals surface area contributed by atoms with Gasteiger partial charge in [-0.3, -0.25) is 0 Å². The molecular weight excluding hydrogens is 260 g/mol. The first-order valence-electron chi connectivity index (χ1n) is 5.26. The predicted octanol–water partition coefficient (Wildman–Crippen LogP) is 3.52. The van der Waals surface area contributed by atoms with E-state index >= 15 is 0 Å². The highest BCUT2D eigenvalue weighted by Gasteiger charge is 2.27. The van der Waals surface area contributed by atoms with Gasteiger partial charge in [0.15, 0.2) is 0 Å². The molecule has 0 aliphatic heterocycles. The maximum absolute atomic E-state index is 4.57. The number of alkyl halides is 1. The first-order chi connectivity index (χ1) is 6.79. The molecule has 0 bridgehead atoms. The van der Waals surface area contributed by atoms with Gasteiger partial charge in [0.1, 0.15) is 10.8 Å². The zero-order chi connectivity index (χ0) is 9.97. The molecule has 1 heterocycles. The minimum absolute atomic E-state index is 0.576. The summed E-state index contributed by atoms with van der Waals surface area (Å²) in [6.45, 7) is 2.21. The summed E-state index contributed by atoms with van der Waals surface area (Å²) in [5.74, 6) is 1.79. The molecule has 0 N–H and O–H groups in total. The lowest BCUT2D eigenvalue weighted by Crippen LogP contribution is -2.01. The number of nitrogens with zero attached hydrogens (tertiary/aromatic N) is 2. The molecule has 78 valence electrons. The Kier molecular flexibility index (Phi) is 3.55. The van der Waals surface area contributed by atoms with E-state index in [4.69, 9.17) is 0 Å². The lowest BCUT2D eigenvalue weighted by atomic mass is 10.2. The average Bonchev–Trinajstić information content (AvgIpc) is 2.89. The molecule has 2 nitrogen and oxygen atoms in total. The standard InChI is InChI=1S/C10H15BrN2S/c1-2-3-8(11)6-9-12-10(13-14-9)7-4-5-7/h7-8H,2-6H2,1H3. The predicted molar refractivity (Wildman–Crippen MR) is 63.2 cm³/mol. The summed E-state index contributed by atoms with van der Waals surface area (Å²) < 4.78 is 4.40. The van der Waals surface area contributed by atoms with Gasteiger partial charge in [0.2, 0.25) is 0 Å². The van der Waals surface area contributed by atoms with Crippen molar-refractivity contribution in [3.05, 3.63) is 10.8 Å². The molecule has 1 aromatic heterocycles. The van der Waals surface area contributed by atoms with Crippen LogP contribution in [0.5, 0.6) is 0 Å². The molecule has 1 saturated carbocycles. The largest absolute Gasteiger partial charge is 0.224 e. The van der Waals surface area contributed by atoms with E-state index in [0.29, 0.717) is 10.7 Å². The van der Waals surface area contributed by atoms with Crippen LogP contribution in [0.4, 0.5) is 0 Å². The van der Waals surface area contributed by atoms with Gasteiger partial charge in [0.05, 0.1) is 0 Å². The Labute approximate surface area is 97.4 Å². The molecule has 0 amide bonds. The van der Waals surface area contributed by atoms with E-state index in [1.165, 1.54) is 30.7 Å². The van der Waals surface area contributed by atoms with Crippen LogP contribution < -0.4 is 0 Å². The Bertz CT molecular complexity index is 296. The van der Waals surface area contributed by atoms with Crippen molar-refractivity contribution in [3.63, 3.8) is 0 Å². The van der Waals surface area contributed by atoms with Crippen LogP contribution in [0.3, 0.4) is 0 Å². The normalized spacial score (nSPS) is 18.4. The molecule has 1 atom stereocenters. The van der Waals surface area contributed by atoms with Crippen LogP contribution in [-0.2, 0) is 6.42 Å². The summed E-state index contributed by atoms with van der Waals surface area (Å²) in [6, 6.07) is 0. The molecule has 1 aliphatic carbocycles. The van der Waals surface area contributed by atoms with Crippen LogP contribution in [0, 0.1) is 0 Å². The van der Waals surface area contributed by atoms with E-state index < -0.39 is 0 Å². The van der Waals surface area contributed by atoms with E-state index in [2.05, 4.69) is 32.2 Å². The Morgan fingerprint density at radius 3 is 3.00 bits per heavy atom. The topological polar surface area (TPSA) is 25.8 Å². The average molecular weight is 275 g/mol. The van der Waals surface area contributed by atoms with E-state index in [9.17, 15) is 0 Å². The molecule has 0 radical (unpaired) electrons. The van der Waals surface area contributed by atoms with Crippen LogP contribution in [0.1, 0.15) is 49.4 Å². The zero-order valence-corrected chi connectivity index (χ0v) is 10.8. The first kappa shape index (κ1) is 10.6. The van der Waals surface area contributed by atoms with Crippen LogP contribution in [0.2, 0.25) is 0 Å². The second-order valence-corrected chi connectivity index (χ2v) is 6.04. The SMILES string of the molecule is CCCC(Br)Cc1nc(C2CC2)ns1. The molecule has 0 aromatic carbocycles. The Balaban J connectivity index is 1.88. The van der Waals surface area contributed by atoms with Gasteiger partial charge in [-0.05, 0) is 30.8 Å². The van der Waals surface area contributed by atoms with Crippen LogP contribution in [0.25, 0.3) is 0 Å². The molecule has 2 rings (SSSR count). The third-order valence-electron chi connectivity index (χ3n) is 2.42. The van der Waals surface area contributed by atoms with Gasteiger partial charge in [-0.2, -0.15) is 4.37 Å². The number of hydrogen-bond donors (Lipinski definition) is 0. The van der Waals surface area contributed by atoms with Gasteiger partial charge in [-0.25, -0.2) is 4.98 Å². The van der Waals surface area contributed by atoms with Crippen LogP contribution in [0.15, 0.2) is 0 Å². The smallest absolute Gasteiger partial charge is 0.145 e. The molecular formula is C10H15BrN2S. The number of halogens is 1. The molecule has 1 unspecified atom stereocenters. The monoisotopic (exact) mass is 274 g/mol. The third kappa shape index (κ3) is 2.76. The van der Waals surface area contributed by atoms with Crippen LogP contribution in [-0.4, -0.2) is 14.2 Å². The number of aromatic nitrogens is 2. The first-order valence-corrected chi connectivity index (χ1v) is 6.95. The molecule has 1 aliphatic rings. The van der Waals surface area contributed by atoms with Crippen molar-refractivity contribution in [1.29, 1.82) is 0 Å². The summed E-state index contributed by atoms with van der Waals surface area (Å²) in [5, 5.41) is 1.20. The van der Waals surface area contributed by atoms with E-state index in [1.807, 2.05) is 0 Å². The van der Waals surface area contributed by atoms with Crippen molar-refractivity contribution >= 4 is 27.5 Å². The fourth-order valence-electron chi connectivity index (χ4n) is 1.46. The highest BCUT2D eigenvalue weighted by atomic mass is 79.9. The lowest BCUT2D eigenvalue weighted by molar-refractivity contribution is 0.739. The maximum Gasteiger partial charge on any atom is 0.145 e. The second-order valence-electron chi connectivity index (χ2n) is 3.91. The van der Waals surface area contributed by atoms with Gasteiger partial charge in [-0.15, -0.1) is 0 Å². The van der Waals surface area contributed by atoms with Crippen molar-refractivity contribution in [1.82, 2.24) is 9.36 Å². The molecule has 4 heteroatoms. The quantitative estimate of drug-likeness (QED) is 0.768. The van der Waals surface area contributed by atoms with Gasteiger partial charge in [-0.1, -0.05) is 29.3 Å². The molecule has 0 saturated heterocycles.